The van der Waals surface area contributed by atoms with Crippen LogP contribution in [0.4, 0.5) is 4.79 Å². The number of hydrogen-bond donors (Lipinski definition) is 1. The number of hydrogen-bond acceptors (Lipinski definition) is 5. The lowest BCUT2D eigenvalue weighted by molar-refractivity contribution is -0.139. The zero-order valence-electron chi connectivity index (χ0n) is 11.4. The molecule has 4 amide bonds. The van der Waals surface area contributed by atoms with Gasteiger partial charge in [-0.15, -0.1) is 11.3 Å². The van der Waals surface area contributed by atoms with Crippen LogP contribution in [0.25, 0.3) is 0 Å². The molecule has 2 fully saturated rings. The quantitative estimate of drug-likeness (QED) is 0.835. The van der Waals surface area contributed by atoms with Crippen LogP contribution in [0.1, 0.15) is 30.3 Å². The zero-order chi connectivity index (χ0) is 14.8. The summed E-state index contributed by atoms with van der Waals surface area (Å²) in [5, 5.41) is 5.23. The molecule has 0 unspecified atom stereocenters. The number of imide groups is 1. The van der Waals surface area contributed by atoms with Crippen LogP contribution in [-0.4, -0.2) is 52.3 Å². The van der Waals surface area contributed by atoms with Gasteiger partial charge in [0.05, 0.1) is 12.6 Å². The highest BCUT2D eigenvalue weighted by Gasteiger charge is 2.35. The molecule has 3 heterocycles. The molecule has 1 aromatic heterocycles. The smallest absolute Gasteiger partial charge is 0.325 e. The average molecular weight is 308 g/mol. The van der Waals surface area contributed by atoms with Crippen LogP contribution in [0, 0.1) is 0 Å². The Morgan fingerprint density at radius 1 is 1.43 bits per heavy atom. The van der Waals surface area contributed by atoms with Crippen LogP contribution in [0.15, 0.2) is 11.6 Å². The molecule has 0 radical (unpaired) electrons. The van der Waals surface area contributed by atoms with E-state index in [0.29, 0.717) is 6.54 Å². The van der Waals surface area contributed by atoms with Crippen LogP contribution in [0.3, 0.4) is 0 Å². The van der Waals surface area contributed by atoms with E-state index in [4.69, 9.17) is 0 Å². The van der Waals surface area contributed by atoms with Crippen LogP contribution in [-0.2, 0) is 9.59 Å². The Balaban J connectivity index is 1.72. The van der Waals surface area contributed by atoms with Crippen molar-refractivity contribution in [1.29, 1.82) is 0 Å². The lowest BCUT2D eigenvalue weighted by atomic mass is 10.0. The average Bonchev–Trinajstić information content (AvgIpc) is 3.13. The number of nitrogens with one attached hydrogen (secondary N) is 1. The second-order valence-electron chi connectivity index (χ2n) is 5.11. The Morgan fingerprint density at radius 2 is 2.29 bits per heavy atom. The van der Waals surface area contributed by atoms with Gasteiger partial charge in [-0.05, 0) is 19.3 Å². The Hall–Kier alpha value is -1.96. The van der Waals surface area contributed by atoms with E-state index in [1.165, 1.54) is 11.3 Å². The molecule has 112 valence electrons. The van der Waals surface area contributed by atoms with Crippen molar-refractivity contribution >= 4 is 29.2 Å². The third-order valence-corrected chi connectivity index (χ3v) is 4.67. The number of amides is 4. The second kappa shape index (κ2) is 5.80. The molecule has 2 aliphatic heterocycles. The van der Waals surface area contributed by atoms with Gasteiger partial charge in [-0.25, -0.2) is 9.78 Å². The molecule has 2 aliphatic rings. The first-order valence-electron chi connectivity index (χ1n) is 6.94. The van der Waals surface area contributed by atoms with E-state index in [9.17, 15) is 14.4 Å². The summed E-state index contributed by atoms with van der Waals surface area (Å²) in [7, 11) is 0. The lowest BCUT2D eigenvalue weighted by Gasteiger charge is -2.35. The first kappa shape index (κ1) is 14.0. The summed E-state index contributed by atoms with van der Waals surface area (Å²) in [4.78, 5) is 42.6. The van der Waals surface area contributed by atoms with E-state index in [-0.39, 0.29) is 30.9 Å². The number of rotatable bonds is 3. The summed E-state index contributed by atoms with van der Waals surface area (Å²) in [6.07, 6.45) is 4.60. The van der Waals surface area contributed by atoms with Gasteiger partial charge >= 0.3 is 6.03 Å². The number of urea groups is 1. The highest BCUT2D eigenvalue weighted by atomic mass is 32.1. The van der Waals surface area contributed by atoms with E-state index in [0.717, 1.165) is 29.2 Å². The van der Waals surface area contributed by atoms with Crippen molar-refractivity contribution in [2.45, 2.75) is 25.3 Å². The third-order valence-electron chi connectivity index (χ3n) is 3.79. The van der Waals surface area contributed by atoms with Gasteiger partial charge < -0.3 is 10.2 Å². The highest BCUT2D eigenvalue weighted by Crippen LogP contribution is 2.32. The zero-order valence-corrected chi connectivity index (χ0v) is 12.3. The van der Waals surface area contributed by atoms with Crippen molar-refractivity contribution in [3.8, 4) is 0 Å². The molecule has 21 heavy (non-hydrogen) atoms. The topological polar surface area (TPSA) is 82.6 Å². The van der Waals surface area contributed by atoms with Crippen molar-refractivity contribution < 1.29 is 14.4 Å². The Labute approximate surface area is 125 Å². The summed E-state index contributed by atoms with van der Waals surface area (Å²) in [6, 6.07) is -0.525. The van der Waals surface area contributed by atoms with Gasteiger partial charge in [-0.1, -0.05) is 0 Å². The van der Waals surface area contributed by atoms with Crippen molar-refractivity contribution in [1.82, 2.24) is 20.1 Å². The summed E-state index contributed by atoms with van der Waals surface area (Å²) in [5.74, 6) is -0.545. The third kappa shape index (κ3) is 2.76. The normalized spacial score (nSPS) is 22.6. The number of carbonyl (C=O) groups excluding carboxylic acids is 3. The predicted octanol–water partition coefficient (Wildman–Crippen LogP) is 0.748. The summed E-state index contributed by atoms with van der Waals surface area (Å²) in [6.45, 7) is 0.432. The molecule has 1 N–H and O–H groups in total. The Kier molecular flexibility index (Phi) is 3.87. The van der Waals surface area contributed by atoms with Crippen molar-refractivity contribution in [2.24, 2.45) is 0 Å². The standard InChI is InChI=1S/C13H16N4O3S/c18-10-7-15-13(20)17(10)8-11(19)16-5-2-1-3-9(16)12-14-4-6-21-12/h4,6,9H,1-3,5,7-8H2,(H,15,20)/t9-/m0/s1. The molecule has 0 aliphatic carbocycles. The fraction of sp³-hybridized carbons (Fsp3) is 0.538. The molecule has 0 saturated carbocycles. The van der Waals surface area contributed by atoms with Crippen LogP contribution >= 0.6 is 11.3 Å². The first-order chi connectivity index (χ1) is 10.2. The number of nitrogens with zero attached hydrogens (tertiary/aromatic N) is 3. The lowest BCUT2D eigenvalue weighted by Crippen LogP contribution is -2.46. The molecule has 1 atom stereocenters. The van der Waals surface area contributed by atoms with E-state index in [2.05, 4.69) is 10.3 Å². The maximum atomic E-state index is 12.5. The second-order valence-corrected chi connectivity index (χ2v) is 6.03. The molecule has 0 bridgehead atoms. The summed E-state index contributed by atoms with van der Waals surface area (Å²) >= 11 is 1.53. The Bertz CT molecular complexity index is 544. The molecule has 7 nitrogen and oxygen atoms in total. The van der Waals surface area contributed by atoms with Crippen LogP contribution in [0.5, 0.6) is 0 Å². The molecule has 0 spiro atoms. The molecule has 0 aromatic carbocycles. The van der Waals surface area contributed by atoms with E-state index < -0.39 is 6.03 Å². The van der Waals surface area contributed by atoms with Crippen LogP contribution < -0.4 is 5.32 Å². The molecule has 2 saturated heterocycles. The van der Waals surface area contributed by atoms with Crippen molar-refractivity contribution in [3.63, 3.8) is 0 Å². The highest BCUT2D eigenvalue weighted by molar-refractivity contribution is 7.09. The Morgan fingerprint density at radius 3 is 2.95 bits per heavy atom. The fourth-order valence-corrected chi connectivity index (χ4v) is 3.51. The number of piperidine rings is 1. The monoisotopic (exact) mass is 308 g/mol. The van der Waals surface area contributed by atoms with Gasteiger partial charge in [0.25, 0.3) is 5.91 Å². The van der Waals surface area contributed by atoms with Crippen molar-refractivity contribution in [2.75, 3.05) is 19.6 Å². The fourth-order valence-electron chi connectivity index (χ4n) is 2.73. The van der Waals surface area contributed by atoms with Crippen molar-refractivity contribution in [3.05, 3.63) is 16.6 Å². The van der Waals surface area contributed by atoms with Gasteiger partial charge in [0.15, 0.2) is 0 Å². The van der Waals surface area contributed by atoms with Gasteiger partial charge in [-0.3, -0.25) is 14.5 Å². The molecule has 8 heteroatoms. The number of carbonyl (C=O) groups is 3. The van der Waals surface area contributed by atoms with E-state index >= 15 is 0 Å². The minimum absolute atomic E-state index is 0.0258. The molecular weight excluding hydrogens is 292 g/mol. The largest absolute Gasteiger partial charge is 0.332 e. The first-order valence-corrected chi connectivity index (χ1v) is 7.82. The summed E-state index contributed by atoms with van der Waals surface area (Å²) in [5.41, 5.74) is 0. The van der Waals surface area contributed by atoms with E-state index in [1.54, 1.807) is 11.1 Å². The minimum Gasteiger partial charge on any atom is -0.332 e. The maximum Gasteiger partial charge on any atom is 0.325 e. The van der Waals surface area contributed by atoms with Crippen LogP contribution in [0.2, 0.25) is 0 Å². The summed E-state index contributed by atoms with van der Waals surface area (Å²) < 4.78 is 0. The SMILES string of the molecule is O=C1CNC(=O)N1CC(=O)N1CCCC[C@H]1c1nccs1. The number of thiazole rings is 1. The molecular formula is C13H16N4O3S. The van der Waals surface area contributed by atoms with Gasteiger partial charge in [0, 0.05) is 18.1 Å². The van der Waals surface area contributed by atoms with E-state index in [1.807, 2.05) is 5.38 Å². The van der Waals surface area contributed by atoms with Gasteiger partial charge in [0.2, 0.25) is 5.91 Å². The number of likely N-dealkylation sites (tertiary alicyclic amines) is 1. The minimum atomic E-state index is -0.490. The predicted molar refractivity (Wildman–Crippen MR) is 75.5 cm³/mol. The van der Waals surface area contributed by atoms with Gasteiger partial charge in [-0.2, -0.15) is 0 Å². The maximum absolute atomic E-state index is 12.5. The van der Waals surface area contributed by atoms with Gasteiger partial charge in [0.1, 0.15) is 11.6 Å². The molecule has 3 rings (SSSR count). The number of aromatic nitrogens is 1. The molecule has 1 aromatic rings.